The van der Waals surface area contributed by atoms with E-state index >= 15 is 0 Å². The van der Waals surface area contributed by atoms with E-state index in [0.717, 1.165) is 16.9 Å². The van der Waals surface area contributed by atoms with Crippen molar-refractivity contribution in [3.63, 3.8) is 0 Å². The number of nitrogens with one attached hydrogen (secondary N) is 2. The van der Waals surface area contributed by atoms with Gasteiger partial charge in [0.05, 0.1) is 15.5 Å². The van der Waals surface area contributed by atoms with Crippen LogP contribution in [0.5, 0.6) is 0 Å². The van der Waals surface area contributed by atoms with Crippen LogP contribution in [0.3, 0.4) is 0 Å². The van der Waals surface area contributed by atoms with Crippen molar-refractivity contribution in [3.05, 3.63) is 93.5 Å². The average Bonchev–Trinajstić information content (AvgIpc) is 2.76. The number of thioether (sulfide) groups is 1. The first kappa shape index (κ1) is 24.5. The van der Waals surface area contributed by atoms with Crippen molar-refractivity contribution in [2.45, 2.75) is 17.6 Å². The van der Waals surface area contributed by atoms with Crippen LogP contribution in [0.1, 0.15) is 21.5 Å². The Morgan fingerprint density at radius 1 is 0.969 bits per heavy atom. The van der Waals surface area contributed by atoms with Gasteiger partial charge in [-0.05, 0) is 55.0 Å². The lowest BCUT2D eigenvalue weighted by atomic mass is 10.2. The topological polar surface area (TPSA) is 75.3 Å². The van der Waals surface area contributed by atoms with Crippen molar-refractivity contribution >= 4 is 56.6 Å². The van der Waals surface area contributed by atoms with Gasteiger partial charge in [0.1, 0.15) is 0 Å². The molecule has 0 fully saturated rings. The van der Waals surface area contributed by atoms with E-state index in [0.29, 0.717) is 17.3 Å². The van der Waals surface area contributed by atoms with Crippen LogP contribution in [-0.2, 0) is 15.8 Å². The molecule has 9 heteroatoms. The van der Waals surface area contributed by atoms with Gasteiger partial charge < -0.3 is 5.32 Å². The first-order valence-electron chi connectivity index (χ1n) is 9.74. The Morgan fingerprint density at radius 2 is 1.66 bits per heavy atom. The maximum atomic E-state index is 12.6. The Hall–Kier alpha value is -2.19. The minimum absolute atomic E-state index is 0.141. The summed E-state index contributed by atoms with van der Waals surface area (Å²) >= 11 is 13.7. The minimum atomic E-state index is -3.78. The second kappa shape index (κ2) is 11.1. The number of rotatable bonds is 9. The molecule has 0 saturated carbocycles. The summed E-state index contributed by atoms with van der Waals surface area (Å²) in [4.78, 5) is 12.7. The molecule has 32 heavy (non-hydrogen) atoms. The number of hydrogen-bond donors (Lipinski definition) is 2. The van der Waals surface area contributed by atoms with Crippen molar-refractivity contribution in [1.82, 2.24) is 5.32 Å². The third-order valence-corrected chi connectivity index (χ3v) is 7.52. The van der Waals surface area contributed by atoms with E-state index in [9.17, 15) is 13.2 Å². The largest absolute Gasteiger partial charge is 0.351 e. The number of hydrogen-bond acceptors (Lipinski definition) is 4. The molecule has 0 saturated heterocycles. The summed E-state index contributed by atoms with van der Waals surface area (Å²) in [6.07, 6.45) is 0. The zero-order valence-electron chi connectivity index (χ0n) is 17.3. The second-order valence-electron chi connectivity index (χ2n) is 7.05. The molecule has 0 atom stereocenters. The number of sulfonamides is 1. The van der Waals surface area contributed by atoms with E-state index in [4.69, 9.17) is 23.2 Å². The van der Waals surface area contributed by atoms with E-state index in [-0.39, 0.29) is 27.1 Å². The van der Waals surface area contributed by atoms with E-state index < -0.39 is 10.0 Å². The van der Waals surface area contributed by atoms with Crippen molar-refractivity contribution in [2.75, 3.05) is 17.0 Å². The van der Waals surface area contributed by atoms with Gasteiger partial charge in [0.25, 0.3) is 15.9 Å². The molecular weight excluding hydrogens is 487 g/mol. The van der Waals surface area contributed by atoms with Crippen molar-refractivity contribution < 1.29 is 13.2 Å². The smallest absolute Gasteiger partial charge is 0.261 e. The van der Waals surface area contributed by atoms with Crippen LogP contribution >= 0.6 is 35.0 Å². The number of benzene rings is 3. The van der Waals surface area contributed by atoms with E-state index in [2.05, 4.69) is 10.0 Å². The molecule has 0 radical (unpaired) electrons. The third kappa shape index (κ3) is 6.90. The highest BCUT2D eigenvalue weighted by atomic mass is 35.5. The quantitative estimate of drug-likeness (QED) is 0.360. The molecular formula is C23H22Cl2N2O3S2. The number of aryl methyl sites for hydroxylation is 1. The highest BCUT2D eigenvalue weighted by Gasteiger charge is 2.16. The average molecular weight is 509 g/mol. The van der Waals surface area contributed by atoms with Crippen molar-refractivity contribution in [1.29, 1.82) is 0 Å². The first-order chi connectivity index (χ1) is 15.2. The highest BCUT2D eigenvalue weighted by molar-refractivity contribution is 7.98. The fourth-order valence-electron chi connectivity index (χ4n) is 2.80. The monoisotopic (exact) mass is 508 g/mol. The Kier molecular flexibility index (Phi) is 8.48. The van der Waals surface area contributed by atoms with Gasteiger partial charge in [-0.15, -0.1) is 0 Å². The Balaban J connectivity index is 1.56. The molecule has 0 aromatic heterocycles. The molecule has 2 N–H and O–H groups in total. The summed E-state index contributed by atoms with van der Waals surface area (Å²) in [5, 5.41) is 3.77. The molecule has 0 spiro atoms. The van der Waals surface area contributed by atoms with Gasteiger partial charge >= 0.3 is 0 Å². The Labute approximate surface area is 202 Å². The van der Waals surface area contributed by atoms with Gasteiger partial charge in [-0.1, -0.05) is 53.0 Å². The predicted octanol–water partition coefficient (Wildman–Crippen LogP) is 5.77. The highest BCUT2D eigenvalue weighted by Crippen LogP contribution is 2.23. The van der Waals surface area contributed by atoms with Crippen LogP contribution in [-0.4, -0.2) is 26.6 Å². The molecule has 3 rings (SSSR count). The molecule has 0 heterocycles. The zero-order valence-corrected chi connectivity index (χ0v) is 20.4. The van der Waals surface area contributed by atoms with Gasteiger partial charge in [0.2, 0.25) is 0 Å². The molecule has 0 unspecified atom stereocenters. The molecule has 0 bridgehead atoms. The normalized spacial score (nSPS) is 11.2. The van der Waals surface area contributed by atoms with Crippen LogP contribution in [0.4, 0.5) is 5.69 Å². The van der Waals surface area contributed by atoms with Gasteiger partial charge in [0.15, 0.2) is 0 Å². The Bertz CT molecular complexity index is 1180. The van der Waals surface area contributed by atoms with E-state index in [1.54, 1.807) is 23.9 Å². The van der Waals surface area contributed by atoms with Gasteiger partial charge in [-0.2, -0.15) is 11.8 Å². The van der Waals surface area contributed by atoms with Gasteiger partial charge in [-0.25, -0.2) is 8.42 Å². The number of carbonyl (C=O) groups is 1. The molecule has 0 aliphatic carbocycles. The summed E-state index contributed by atoms with van der Waals surface area (Å²) in [6.45, 7) is 2.33. The molecule has 0 aliphatic rings. The number of anilines is 1. The van der Waals surface area contributed by atoms with Crippen LogP contribution < -0.4 is 10.0 Å². The minimum Gasteiger partial charge on any atom is -0.351 e. The maximum absolute atomic E-state index is 12.6. The SMILES string of the molecule is Cc1ccc(S(=O)(=O)Nc2ccc(Cl)c(C(=O)NCCSCc3ccc(Cl)cc3)c2)cc1. The fourth-order valence-corrected chi connectivity index (χ4v) is 4.99. The second-order valence-corrected chi connectivity index (χ2v) is 10.7. The molecule has 3 aromatic rings. The van der Waals surface area contributed by atoms with Crippen molar-refractivity contribution in [3.8, 4) is 0 Å². The van der Waals surface area contributed by atoms with E-state index in [1.807, 2.05) is 31.2 Å². The van der Waals surface area contributed by atoms with Crippen LogP contribution in [0.25, 0.3) is 0 Å². The summed E-state index contributed by atoms with van der Waals surface area (Å²) in [5.41, 5.74) is 2.58. The number of carbonyl (C=O) groups excluding carboxylic acids is 1. The zero-order chi connectivity index (χ0) is 23.1. The summed E-state index contributed by atoms with van der Waals surface area (Å²) in [6, 6.07) is 18.6. The summed E-state index contributed by atoms with van der Waals surface area (Å²) < 4.78 is 27.7. The standard InChI is InChI=1S/C23H22Cl2N2O3S2/c1-16-2-9-20(10-3-16)32(29,30)27-19-8-11-22(25)21(14-19)23(28)26-12-13-31-15-17-4-6-18(24)7-5-17/h2-11,14,27H,12-13,15H2,1H3,(H,26,28). The van der Waals surface area contributed by atoms with E-state index in [1.165, 1.54) is 30.3 Å². The first-order valence-corrected chi connectivity index (χ1v) is 13.1. The fraction of sp³-hybridized carbons (Fsp3) is 0.174. The molecule has 5 nitrogen and oxygen atoms in total. The molecule has 0 aliphatic heterocycles. The van der Waals surface area contributed by atoms with Gasteiger partial charge in [-0.3, -0.25) is 9.52 Å². The van der Waals surface area contributed by atoms with Gasteiger partial charge in [0, 0.05) is 28.8 Å². The van der Waals surface area contributed by atoms with Crippen molar-refractivity contribution in [2.24, 2.45) is 0 Å². The third-order valence-electron chi connectivity index (χ3n) is 4.51. The maximum Gasteiger partial charge on any atom is 0.261 e. The lowest BCUT2D eigenvalue weighted by Gasteiger charge is -2.11. The number of halogens is 2. The molecule has 3 aromatic carbocycles. The predicted molar refractivity (Wildman–Crippen MR) is 133 cm³/mol. The van der Waals surface area contributed by atoms with Crippen LogP contribution in [0.15, 0.2) is 71.6 Å². The van der Waals surface area contributed by atoms with Crippen LogP contribution in [0, 0.1) is 6.92 Å². The summed E-state index contributed by atoms with van der Waals surface area (Å²) in [5.74, 6) is 1.16. The lowest BCUT2D eigenvalue weighted by Crippen LogP contribution is -2.26. The lowest BCUT2D eigenvalue weighted by molar-refractivity contribution is 0.0956. The van der Waals surface area contributed by atoms with Crippen LogP contribution in [0.2, 0.25) is 10.0 Å². The summed E-state index contributed by atoms with van der Waals surface area (Å²) in [7, 11) is -3.78. The molecule has 168 valence electrons. The molecule has 1 amide bonds. The Morgan fingerprint density at radius 3 is 2.34 bits per heavy atom. The number of amides is 1.